The van der Waals surface area contributed by atoms with Crippen LogP contribution in [0.4, 0.5) is 5.82 Å². The molecule has 4 atom stereocenters. The van der Waals surface area contributed by atoms with E-state index in [1.54, 1.807) is 11.7 Å². The topological polar surface area (TPSA) is 138 Å². The lowest BCUT2D eigenvalue weighted by molar-refractivity contribution is -0.0678. The molecule has 0 amide bonds. The lowest BCUT2D eigenvalue weighted by Crippen LogP contribution is -2.37. The molecule has 1 aliphatic rings. The molecule has 0 spiro atoms. The van der Waals surface area contributed by atoms with Crippen LogP contribution in [0, 0.1) is 0 Å². The van der Waals surface area contributed by atoms with Crippen LogP contribution in [0.1, 0.15) is 6.23 Å². The maximum absolute atomic E-state index is 10.5. The largest absolute Gasteiger partial charge is 0.394 e. The van der Waals surface area contributed by atoms with Gasteiger partial charge in [0.25, 0.3) is 0 Å². The molecule has 2 aromatic rings. The molecule has 0 bridgehead atoms. The standard InChI is InChI=1S/C13H19N5O5/c1-21-2-3-22-10-7(4-19)23-13(9(10)20)18-6-17-8-11(14)15-5-16-12(8)18/h5-7,9-10,13,19-20H,2-4H2,1H3,(H2,14,15,16)/t7-,9-,10-,13-/m1/s1. The summed E-state index contributed by atoms with van der Waals surface area (Å²) in [6.45, 7) is 0.378. The van der Waals surface area contributed by atoms with E-state index < -0.39 is 24.5 Å². The third-order valence-corrected chi connectivity index (χ3v) is 3.75. The number of anilines is 1. The summed E-state index contributed by atoms with van der Waals surface area (Å²) >= 11 is 0. The van der Waals surface area contributed by atoms with Crippen molar-refractivity contribution >= 4 is 17.0 Å². The molecule has 10 heteroatoms. The average Bonchev–Trinajstić information content (AvgIpc) is 3.10. The van der Waals surface area contributed by atoms with Gasteiger partial charge in [-0.05, 0) is 0 Å². The van der Waals surface area contributed by atoms with Crippen LogP contribution in [-0.2, 0) is 14.2 Å². The summed E-state index contributed by atoms with van der Waals surface area (Å²) in [6, 6.07) is 0. The molecule has 0 unspecified atom stereocenters. The van der Waals surface area contributed by atoms with E-state index in [0.717, 1.165) is 0 Å². The van der Waals surface area contributed by atoms with E-state index >= 15 is 0 Å². The van der Waals surface area contributed by atoms with E-state index in [-0.39, 0.29) is 19.0 Å². The predicted molar refractivity (Wildman–Crippen MR) is 78.4 cm³/mol. The molecular formula is C13H19N5O5. The lowest BCUT2D eigenvalue weighted by atomic mass is 10.1. The van der Waals surface area contributed by atoms with Gasteiger partial charge in [-0.3, -0.25) is 4.57 Å². The molecule has 2 aromatic heterocycles. The van der Waals surface area contributed by atoms with Gasteiger partial charge in [0.2, 0.25) is 0 Å². The number of nitrogens with zero attached hydrogens (tertiary/aromatic N) is 4. The Morgan fingerprint density at radius 1 is 1.35 bits per heavy atom. The van der Waals surface area contributed by atoms with Gasteiger partial charge in [0.15, 0.2) is 17.7 Å². The van der Waals surface area contributed by atoms with Gasteiger partial charge < -0.3 is 30.2 Å². The molecule has 0 aromatic carbocycles. The first-order valence-electron chi connectivity index (χ1n) is 7.15. The maximum atomic E-state index is 10.5. The number of hydrogen-bond donors (Lipinski definition) is 3. The Bertz CT molecular complexity index is 665. The van der Waals surface area contributed by atoms with Crippen molar-refractivity contribution in [3.05, 3.63) is 12.7 Å². The Morgan fingerprint density at radius 3 is 2.91 bits per heavy atom. The minimum atomic E-state index is -1.00. The molecule has 0 radical (unpaired) electrons. The van der Waals surface area contributed by atoms with Crippen LogP contribution in [-0.4, -0.2) is 75.0 Å². The fourth-order valence-corrected chi connectivity index (χ4v) is 2.63. The summed E-state index contributed by atoms with van der Waals surface area (Å²) < 4.78 is 17.8. The van der Waals surface area contributed by atoms with Crippen molar-refractivity contribution in [2.24, 2.45) is 0 Å². The number of rotatable bonds is 6. The Labute approximate surface area is 131 Å². The quantitative estimate of drug-likeness (QED) is 0.553. The average molecular weight is 325 g/mol. The Morgan fingerprint density at radius 2 is 2.17 bits per heavy atom. The van der Waals surface area contributed by atoms with E-state index in [1.165, 1.54) is 12.7 Å². The second kappa shape index (κ2) is 6.72. The first-order valence-corrected chi connectivity index (χ1v) is 7.15. The number of nitrogen functional groups attached to an aromatic ring is 1. The normalized spacial score (nSPS) is 27.8. The summed E-state index contributed by atoms with van der Waals surface area (Å²) in [7, 11) is 1.55. The van der Waals surface area contributed by atoms with Crippen molar-refractivity contribution in [2.75, 3.05) is 32.7 Å². The van der Waals surface area contributed by atoms with Crippen LogP contribution in [0.25, 0.3) is 11.2 Å². The fraction of sp³-hybridized carbons (Fsp3) is 0.615. The van der Waals surface area contributed by atoms with Gasteiger partial charge in [0.05, 0.1) is 26.1 Å². The van der Waals surface area contributed by atoms with Gasteiger partial charge in [-0.15, -0.1) is 0 Å². The van der Waals surface area contributed by atoms with Gasteiger partial charge in [-0.1, -0.05) is 0 Å². The number of methoxy groups -OCH3 is 1. The van der Waals surface area contributed by atoms with Crippen LogP contribution in [0.15, 0.2) is 12.7 Å². The first-order chi connectivity index (χ1) is 11.2. The molecule has 0 aliphatic carbocycles. The molecular weight excluding hydrogens is 306 g/mol. The smallest absolute Gasteiger partial charge is 0.167 e. The molecule has 1 fully saturated rings. The van der Waals surface area contributed by atoms with E-state index in [1.807, 2.05) is 0 Å². The number of ether oxygens (including phenoxy) is 3. The van der Waals surface area contributed by atoms with Crippen LogP contribution >= 0.6 is 0 Å². The van der Waals surface area contributed by atoms with Gasteiger partial charge in [0, 0.05) is 7.11 Å². The zero-order valence-corrected chi connectivity index (χ0v) is 12.6. The van der Waals surface area contributed by atoms with Gasteiger partial charge >= 0.3 is 0 Å². The molecule has 1 aliphatic heterocycles. The number of aromatic nitrogens is 4. The SMILES string of the molecule is COCCO[C@H]1[C@@H](O)[C@H](n2cnc3c(N)ncnc32)O[C@@H]1CO. The summed E-state index contributed by atoms with van der Waals surface area (Å²) in [5.41, 5.74) is 6.62. The summed E-state index contributed by atoms with van der Waals surface area (Å²) in [5, 5.41) is 20.0. The molecule has 126 valence electrons. The fourth-order valence-electron chi connectivity index (χ4n) is 2.63. The van der Waals surface area contributed by atoms with E-state index in [9.17, 15) is 10.2 Å². The number of fused-ring (bicyclic) bond motifs is 1. The summed E-state index contributed by atoms with van der Waals surface area (Å²) in [4.78, 5) is 12.1. The summed E-state index contributed by atoms with van der Waals surface area (Å²) in [6.07, 6.45) is -0.361. The first kappa shape index (κ1) is 16.0. The second-order valence-electron chi connectivity index (χ2n) is 5.15. The Hall–Kier alpha value is -1.85. The van der Waals surface area contributed by atoms with E-state index in [2.05, 4.69) is 15.0 Å². The van der Waals surface area contributed by atoms with E-state index in [0.29, 0.717) is 17.8 Å². The minimum Gasteiger partial charge on any atom is -0.394 e. The minimum absolute atomic E-state index is 0.243. The zero-order valence-electron chi connectivity index (χ0n) is 12.6. The third-order valence-electron chi connectivity index (χ3n) is 3.75. The number of nitrogens with two attached hydrogens (primary N) is 1. The van der Waals surface area contributed by atoms with Crippen LogP contribution in [0.3, 0.4) is 0 Å². The van der Waals surface area contributed by atoms with Gasteiger partial charge in [-0.25, -0.2) is 15.0 Å². The molecule has 3 heterocycles. The third kappa shape index (κ3) is 2.86. The van der Waals surface area contributed by atoms with Crippen LogP contribution in [0.2, 0.25) is 0 Å². The molecule has 3 rings (SSSR count). The Kier molecular flexibility index (Phi) is 4.68. The van der Waals surface area contributed by atoms with Crippen molar-refractivity contribution in [1.29, 1.82) is 0 Å². The van der Waals surface area contributed by atoms with Crippen molar-refractivity contribution in [3.63, 3.8) is 0 Å². The number of aliphatic hydroxyl groups is 2. The Balaban J connectivity index is 1.86. The van der Waals surface area contributed by atoms with Crippen molar-refractivity contribution in [1.82, 2.24) is 19.5 Å². The van der Waals surface area contributed by atoms with Gasteiger partial charge in [0.1, 0.15) is 30.2 Å². The highest BCUT2D eigenvalue weighted by Gasteiger charge is 2.45. The highest BCUT2D eigenvalue weighted by molar-refractivity contribution is 5.81. The highest BCUT2D eigenvalue weighted by atomic mass is 16.6. The molecule has 0 saturated carbocycles. The molecule has 1 saturated heterocycles. The number of imidazole rings is 1. The summed E-state index contributed by atoms with van der Waals surface area (Å²) in [5.74, 6) is 0.243. The van der Waals surface area contributed by atoms with Crippen LogP contribution < -0.4 is 5.73 Å². The van der Waals surface area contributed by atoms with Gasteiger partial charge in [-0.2, -0.15) is 0 Å². The number of hydrogen-bond acceptors (Lipinski definition) is 9. The monoisotopic (exact) mass is 325 g/mol. The highest BCUT2D eigenvalue weighted by Crippen LogP contribution is 2.33. The van der Waals surface area contributed by atoms with Crippen molar-refractivity contribution < 1.29 is 24.4 Å². The lowest BCUT2D eigenvalue weighted by Gasteiger charge is -2.19. The molecule has 10 nitrogen and oxygen atoms in total. The van der Waals surface area contributed by atoms with Crippen LogP contribution in [0.5, 0.6) is 0 Å². The van der Waals surface area contributed by atoms with Crippen molar-refractivity contribution in [2.45, 2.75) is 24.5 Å². The zero-order chi connectivity index (χ0) is 16.4. The van der Waals surface area contributed by atoms with Crippen molar-refractivity contribution in [3.8, 4) is 0 Å². The predicted octanol–water partition coefficient (Wildman–Crippen LogP) is -1.31. The molecule has 23 heavy (non-hydrogen) atoms. The second-order valence-corrected chi connectivity index (χ2v) is 5.15. The van der Waals surface area contributed by atoms with E-state index in [4.69, 9.17) is 19.9 Å². The number of aliphatic hydroxyl groups excluding tert-OH is 2. The maximum Gasteiger partial charge on any atom is 0.167 e. The molecule has 4 N–H and O–H groups in total.